The number of carboxylic acids is 1. The largest absolute Gasteiger partial charge is 0.481 e. The number of nitrogens with one attached hydrogen (secondary N) is 1. The van der Waals surface area contributed by atoms with Crippen molar-refractivity contribution >= 4 is 40.2 Å². The fraction of sp³-hybridized carbons (Fsp3) is 0.727. The van der Waals surface area contributed by atoms with E-state index in [1.807, 2.05) is 13.8 Å². The molecule has 0 unspecified atom stereocenters. The highest BCUT2D eigenvalue weighted by atomic mass is 33.1. The predicted octanol–water partition coefficient (Wildman–Crippen LogP) is 2.52. The lowest BCUT2D eigenvalue weighted by molar-refractivity contribution is -0.137. The van der Waals surface area contributed by atoms with Crippen molar-refractivity contribution in [2.24, 2.45) is 5.10 Å². The molecule has 2 N–H and O–H groups in total. The molecule has 104 valence electrons. The summed E-state index contributed by atoms with van der Waals surface area (Å²) in [5.74, 6) is -0.0332. The molecule has 18 heavy (non-hydrogen) atoms. The number of carbonyl (C=O) groups excluding carboxylic acids is 1. The highest BCUT2D eigenvalue weighted by Gasteiger charge is 2.20. The van der Waals surface area contributed by atoms with Gasteiger partial charge in [-0.05, 0) is 26.7 Å². The summed E-state index contributed by atoms with van der Waals surface area (Å²) in [5.41, 5.74) is 2.28. The maximum atomic E-state index is 11.1. The molecule has 7 heteroatoms. The van der Waals surface area contributed by atoms with Gasteiger partial charge in [-0.2, -0.15) is 5.10 Å². The molecule has 0 bridgehead atoms. The molecule has 0 saturated heterocycles. The molecule has 0 saturated carbocycles. The first-order valence-corrected chi connectivity index (χ1v) is 7.96. The van der Waals surface area contributed by atoms with E-state index < -0.39 is 5.97 Å². The number of nitrogens with zero attached hydrogens (tertiary/aromatic N) is 1. The normalized spacial score (nSPS) is 11.0. The Labute approximate surface area is 116 Å². The monoisotopic (exact) mass is 292 g/mol. The molecule has 0 aromatic heterocycles. The zero-order valence-corrected chi connectivity index (χ0v) is 12.4. The topological polar surface area (TPSA) is 78.8 Å². The zero-order chi connectivity index (χ0) is 14.0. The quantitative estimate of drug-likeness (QED) is 0.280. The smallest absolute Gasteiger partial charge is 0.303 e. The minimum absolute atomic E-state index is 0.0615. The summed E-state index contributed by atoms with van der Waals surface area (Å²) in [4.78, 5) is 21.5. The van der Waals surface area contributed by atoms with E-state index in [4.69, 9.17) is 5.11 Å². The maximum absolute atomic E-state index is 11.1. The van der Waals surface area contributed by atoms with Crippen LogP contribution in [0.25, 0.3) is 0 Å². The number of hydrazone groups is 1. The third kappa shape index (κ3) is 10.5. The molecule has 0 heterocycles. The standard InChI is InChI=1S/C11H20N2O3S2/c1-11(2,7-6-10(15)16)18-17-8-4-5-9(14)13-12-3/h3-8H2,1-2H3,(H,13,14)(H,15,16). The predicted molar refractivity (Wildman–Crippen MR) is 77.9 cm³/mol. The van der Waals surface area contributed by atoms with Crippen LogP contribution in [0.5, 0.6) is 0 Å². The molecule has 1 amide bonds. The van der Waals surface area contributed by atoms with Crippen LogP contribution >= 0.6 is 21.6 Å². The Balaban J connectivity index is 3.60. The Bertz CT molecular complexity index is 296. The summed E-state index contributed by atoms with van der Waals surface area (Å²) in [6, 6.07) is 0. The second-order valence-corrected chi connectivity index (χ2v) is 7.48. The second-order valence-electron chi connectivity index (χ2n) is 4.36. The molecule has 0 spiro atoms. The van der Waals surface area contributed by atoms with E-state index in [1.165, 1.54) is 0 Å². The van der Waals surface area contributed by atoms with Crippen molar-refractivity contribution in [2.45, 2.75) is 44.3 Å². The number of rotatable bonds is 10. The van der Waals surface area contributed by atoms with E-state index in [0.29, 0.717) is 12.8 Å². The highest BCUT2D eigenvalue weighted by Crippen LogP contribution is 2.39. The number of hydrogen-bond acceptors (Lipinski definition) is 5. The Morgan fingerprint density at radius 2 is 2.06 bits per heavy atom. The van der Waals surface area contributed by atoms with Gasteiger partial charge in [0, 0.05) is 30.1 Å². The summed E-state index contributed by atoms with van der Waals surface area (Å²) < 4.78 is -0.0615. The van der Waals surface area contributed by atoms with E-state index in [9.17, 15) is 9.59 Å². The van der Waals surface area contributed by atoms with Crippen molar-refractivity contribution in [1.82, 2.24) is 5.43 Å². The Morgan fingerprint density at radius 3 is 2.61 bits per heavy atom. The van der Waals surface area contributed by atoms with E-state index in [1.54, 1.807) is 21.6 Å². The lowest BCUT2D eigenvalue weighted by Gasteiger charge is -2.22. The second kappa shape index (κ2) is 9.27. The zero-order valence-electron chi connectivity index (χ0n) is 10.8. The highest BCUT2D eigenvalue weighted by molar-refractivity contribution is 8.77. The van der Waals surface area contributed by atoms with Gasteiger partial charge in [0.15, 0.2) is 0 Å². The molecule has 5 nitrogen and oxygen atoms in total. The molecule has 0 atom stereocenters. The van der Waals surface area contributed by atoms with Gasteiger partial charge in [-0.3, -0.25) is 9.59 Å². The Hall–Kier alpha value is -0.690. The first-order valence-electron chi connectivity index (χ1n) is 5.64. The number of hydrogen-bond donors (Lipinski definition) is 2. The van der Waals surface area contributed by atoms with Gasteiger partial charge in [0.05, 0.1) is 0 Å². The molecule has 0 fully saturated rings. The van der Waals surface area contributed by atoms with Crippen LogP contribution in [0.1, 0.15) is 39.5 Å². The molecule has 0 aliphatic rings. The molecular weight excluding hydrogens is 272 g/mol. The van der Waals surface area contributed by atoms with Crippen molar-refractivity contribution in [3.05, 3.63) is 0 Å². The van der Waals surface area contributed by atoms with E-state index in [-0.39, 0.29) is 17.1 Å². The van der Waals surface area contributed by atoms with Gasteiger partial charge in [-0.1, -0.05) is 21.6 Å². The van der Waals surface area contributed by atoms with Crippen LogP contribution in [0.15, 0.2) is 5.10 Å². The summed E-state index contributed by atoms with van der Waals surface area (Å²) in [6.07, 6.45) is 2.03. The summed E-state index contributed by atoms with van der Waals surface area (Å²) in [7, 11) is 3.34. The summed E-state index contributed by atoms with van der Waals surface area (Å²) in [5, 5.41) is 11.9. The van der Waals surface area contributed by atoms with Crippen LogP contribution in [0, 0.1) is 0 Å². The molecule has 0 aromatic carbocycles. The van der Waals surface area contributed by atoms with Gasteiger partial charge in [0.25, 0.3) is 0 Å². The summed E-state index contributed by atoms with van der Waals surface area (Å²) >= 11 is 0. The van der Waals surface area contributed by atoms with Crippen LogP contribution < -0.4 is 5.43 Å². The molecule has 0 aromatic rings. The van der Waals surface area contributed by atoms with Gasteiger partial charge in [-0.15, -0.1) is 0 Å². The van der Waals surface area contributed by atoms with Gasteiger partial charge in [0.2, 0.25) is 5.91 Å². The molecule has 0 radical (unpaired) electrons. The van der Waals surface area contributed by atoms with Crippen molar-refractivity contribution in [1.29, 1.82) is 0 Å². The average Bonchev–Trinajstić information content (AvgIpc) is 2.26. The summed E-state index contributed by atoms with van der Waals surface area (Å²) in [6.45, 7) is 7.23. The van der Waals surface area contributed by atoms with Gasteiger partial charge >= 0.3 is 5.97 Å². The van der Waals surface area contributed by atoms with Crippen molar-refractivity contribution in [3.63, 3.8) is 0 Å². The molecular formula is C11H20N2O3S2. The van der Waals surface area contributed by atoms with E-state index >= 15 is 0 Å². The van der Waals surface area contributed by atoms with Gasteiger partial charge in [-0.25, -0.2) is 5.43 Å². The van der Waals surface area contributed by atoms with Crippen LogP contribution in [-0.2, 0) is 9.59 Å². The Morgan fingerprint density at radius 1 is 1.39 bits per heavy atom. The first-order chi connectivity index (χ1) is 8.37. The number of aliphatic carboxylic acids is 1. The minimum Gasteiger partial charge on any atom is -0.481 e. The third-order valence-electron chi connectivity index (χ3n) is 2.06. The van der Waals surface area contributed by atoms with Gasteiger partial charge < -0.3 is 5.11 Å². The number of carboxylic acid groups (broad SMARTS) is 1. The van der Waals surface area contributed by atoms with E-state index in [2.05, 4.69) is 17.2 Å². The van der Waals surface area contributed by atoms with Crippen molar-refractivity contribution < 1.29 is 14.7 Å². The van der Waals surface area contributed by atoms with Gasteiger partial charge in [0.1, 0.15) is 0 Å². The fourth-order valence-electron chi connectivity index (χ4n) is 1.09. The SMILES string of the molecule is C=NNC(=O)CCCSSC(C)(C)CCC(=O)O. The number of amides is 1. The van der Waals surface area contributed by atoms with Crippen molar-refractivity contribution in [3.8, 4) is 0 Å². The van der Waals surface area contributed by atoms with Crippen molar-refractivity contribution in [2.75, 3.05) is 5.75 Å². The third-order valence-corrected chi connectivity index (χ3v) is 5.50. The molecule has 0 aliphatic heterocycles. The van der Waals surface area contributed by atoms with Crippen LogP contribution in [0.4, 0.5) is 0 Å². The van der Waals surface area contributed by atoms with E-state index in [0.717, 1.165) is 12.2 Å². The maximum Gasteiger partial charge on any atom is 0.303 e. The molecule has 0 rings (SSSR count). The average molecular weight is 292 g/mol. The Kier molecular flexibility index (Phi) is 8.91. The molecule has 0 aliphatic carbocycles. The first kappa shape index (κ1) is 17.3. The fourth-order valence-corrected chi connectivity index (χ4v) is 3.75. The van der Waals surface area contributed by atoms with Crippen LogP contribution in [0.2, 0.25) is 0 Å². The lowest BCUT2D eigenvalue weighted by atomic mass is 10.1. The van der Waals surface area contributed by atoms with Crippen LogP contribution in [0.3, 0.4) is 0 Å². The number of carbonyl (C=O) groups is 2. The lowest BCUT2D eigenvalue weighted by Crippen LogP contribution is -2.16. The van der Waals surface area contributed by atoms with Crippen LogP contribution in [-0.4, -0.2) is 34.2 Å². The minimum atomic E-state index is -0.762.